The summed E-state index contributed by atoms with van der Waals surface area (Å²) in [7, 11) is 2.71. The number of rotatable bonds is 35. The minimum absolute atomic E-state index is 0.0214. The molecule has 3 aromatic carbocycles. The number of aliphatic hydroxyl groups excluding tert-OH is 15. The molecule has 21 N–H and O–H groups in total. The number of halogens is 9. The summed E-state index contributed by atoms with van der Waals surface area (Å²) in [5, 5.41) is 163. The highest BCUT2D eigenvalue weighted by atomic mass is 127. The third-order valence-electron chi connectivity index (χ3n) is 13.4. The summed E-state index contributed by atoms with van der Waals surface area (Å²) in [6.07, 6.45) is -17.0. The second kappa shape index (κ2) is 41.8. The topological polar surface area (TPSA) is 539 Å². The van der Waals surface area contributed by atoms with Gasteiger partial charge in [-0.25, -0.2) is 0 Å². The Bertz CT molecular complexity index is 3180. The molecule has 0 bridgehead atoms. The molecule has 0 saturated carbocycles. The Morgan fingerprint density at radius 2 is 0.568 bits per heavy atom. The Morgan fingerprint density at radius 3 is 0.800 bits per heavy atom. The quantitative estimate of drug-likeness (QED) is 0.0263. The maximum absolute atomic E-state index is 15.5. The molecule has 0 aromatic heterocycles. The molecule has 9 amide bonds. The number of nitrogens with zero attached hydrogens (tertiary/aromatic N) is 3. The van der Waals surface area contributed by atoms with Crippen LogP contribution in [0.4, 0.5) is 17.1 Å². The molecule has 95 heavy (non-hydrogen) atoms. The van der Waals surface area contributed by atoms with Crippen molar-refractivity contribution in [2.75, 3.05) is 116 Å². The van der Waals surface area contributed by atoms with E-state index in [1.807, 2.05) is 0 Å². The van der Waals surface area contributed by atoms with E-state index >= 15 is 4.79 Å². The Hall–Kier alpha value is -1.14. The average Bonchev–Trinajstić information content (AvgIpc) is 0.781. The van der Waals surface area contributed by atoms with Gasteiger partial charge in [0.25, 0.3) is 53.2 Å². The molecule has 42 heteroatoms. The molecule has 3 aromatic rings. The van der Waals surface area contributed by atoms with Gasteiger partial charge >= 0.3 is 0 Å². The summed E-state index contributed by atoms with van der Waals surface area (Å²) >= 11 is 15.4. The number of benzene rings is 3. The molecule has 0 saturated heterocycles. The van der Waals surface area contributed by atoms with Gasteiger partial charge in [0, 0.05) is 70.6 Å². The highest BCUT2D eigenvalue weighted by Gasteiger charge is 2.37. The minimum Gasteiger partial charge on any atom is -0.394 e. The molecule has 0 heterocycles. The maximum atomic E-state index is 15.5. The van der Waals surface area contributed by atoms with E-state index in [0.29, 0.717) is 0 Å². The van der Waals surface area contributed by atoms with Gasteiger partial charge in [-0.3, -0.25) is 43.2 Å². The number of hydrogen-bond acceptors (Lipinski definition) is 24. The van der Waals surface area contributed by atoms with Crippen molar-refractivity contribution >= 4 is 274 Å². The lowest BCUT2D eigenvalue weighted by Gasteiger charge is -2.29. The number of anilines is 3. The summed E-state index contributed by atoms with van der Waals surface area (Å²) < 4.78 is 0.0290. The molecule has 33 nitrogen and oxygen atoms in total. The van der Waals surface area contributed by atoms with Crippen molar-refractivity contribution in [2.45, 2.75) is 67.8 Å². The third kappa shape index (κ3) is 23.2. The van der Waals surface area contributed by atoms with Gasteiger partial charge in [-0.2, -0.15) is 0 Å². The lowest BCUT2D eigenvalue weighted by atomic mass is 10.1. The first-order valence-corrected chi connectivity index (χ1v) is 37.1. The molecule has 0 spiro atoms. The van der Waals surface area contributed by atoms with Gasteiger partial charge in [0.2, 0.25) is 0 Å². The number of amides is 9. The molecular formula is C53H66I9N9O24. The maximum Gasteiger partial charge on any atom is 0.256 e. The molecule has 0 fully saturated rings. The Labute approximate surface area is 664 Å². The smallest absolute Gasteiger partial charge is 0.256 e. The summed E-state index contributed by atoms with van der Waals surface area (Å²) in [4.78, 5) is 130. The molecule has 3 rings (SSSR count). The molecule has 9 unspecified atom stereocenters. The lowest BCUT2D eigenvalue weighted by molar-refractivity contribution is -0.131. The van der Waals surface area contributed by atoms with Crippen LogP contribution in [0.25, 0.3) is 0 Å². The Kier molecular flexibility index (Phi) is 38.8. The number of nitrogens with one attached hydrogen (secondary N) is 6. The van der Waals surface area contributed by atoms with Gasteiger partial charge in [-0.1, -0.05) is 0 Å². The van der Waals surface area contributed by atoms with Crippen molar-refractivity contribution in [3.63, 3.8) is 0 Å². The minimum atomic E-state index is -2.24. The van der Waals surface area contributed by atoms with Gasteiger partial charge in [-0.05, 0) is 216 Å². The van der Waals surface area contributed by atoms with Crippen molar-refractivity contribution in [1.29, 1.82) is 0 Å². The number of carbonyl (C=O) groups is 9. The molecule has 0 radical (unpaired) electrons. The molecule has 0 aliphatic carbocycles. The fourth-order valence-electron chi connectivity index (χ4n) is 8.04. The number of hydrogen-bond donors (Lipinski definition) is 21. The van der Waals surface area contributed by atoms with Crippen LogP contribution >= 0.6 is 203 Å². The normalized spacial score (nSPS) is 14.2. The van der Waals surface area contributed by atoms with Crippen molar-refractivity contribution in [2.24, 2.45) is 0 Å². The standard InChI is InChI=1S/C53H66I9N9O24/c1-69(51(93)27-30(54)24(45(87)63-9-18(78)12-72)33(57)39(36(27)60)66-48(90)42(84)21(81)15-75)5-3-7-71(53(95)29-32(56)26(47(89)65-11-20(80)14-74)35(59)41(38(29)62)68-50(92)44(86)23(83)17-77)8-4-6-70(2)52(94)28-31(55)25(46(88)64-10-19(79)13-73)34(58)40(37(28)61)67-49(91)43(85)22(82)16-76/h18-23,42-44,72-86H,3-17H2,1-2H3,(H,63,87)(H,64,88)(H,65,89)(H,66,90)(H,67,91)(H,68,92). The first-order chi connectivity index (χ1) is 44.5. The van der Waals surface area contributed by atoms with Crippen LogP contribution in [0.1, 0.15) is 75.0 Å². The fraction of sp³-hybridized carbons (Fsp3) is 0.491. The fourth-order valence-corrected chi connectivity index (χ4v) is 21.2. The molecule has 530 valence electrons. The van der Waals surface area contributed by atoms with Gasteiger partial charge in [0.1, 0.15) is 18.3 Å². The van der Waals surface area contributed by atoms with E-state index in [4.69, 9.17) is 0 Å². The van der Waals surface area contributed by atoms with E-state index < -0.39 is 167 Å². The second-order valence-electron chi connectivity index (χ2n) is 20.3. The van der Waals surface area contributed by atoms with E-state index in [1.54, 1.807) is 203 Å². The first kappa shape index (κ1) is 88.1. The highest BCUT2D eigenvalue weighted by molar-refractivity contribution is 14.1. The number of carbonyl (C=O) groups excluding carboxylic acids is 9. The van der Waals surface area contributed by atoms with Gasteiger partial charge in [0.15, 0.2) is 18.3 Å². The second-order valence-corrected chi connectivity index (χ2v) is 30.1. The van der Waals surface area contributed by atoms with Gasteiger partial charge in [0.05, 0.1) is 130 Å². The van der Waals surface area contributed by atoms with Crippen molar-refractivity contribution in [1.82, 2.24) is 30.7 Å². The number of aliphatic hydroxyl groups is 15. The molecular weight excluding hydrogens is 2290 g/mol. The summed E-state index contributed by atoms with van der Waals surface area (Å²) in [6.45, 7) is -7.74. The van der Waals surface area contributed by atoms with Crippen LogP contribution in [0.5, 0.6) is 0 Å². The highest BCUT2D eigenvalue weighted by Crippen LogP contribution is 2.40. The molecule has 0 aliphatic rings. The summed E-state index contributed by atoms with van der Waals surface area (Å²) in [5.74, 6) is -8.87. The zero-order chi connectivity index (χ0) is 72.4. The van der Waals surface area contributed by atoms with E-state index in [9.17, 15) is 115 Å². The largest absolute Gasteiger partial charge is 0.394 e. The van der Waals surface area contributed by atoms with E-state index in [1.165, 1.54) is 28.8 Å². The lowest BCUT2D eigenvalue weighted by Crippen LogP contribution is -2.41. The van der Waals surface area contributed by atoms with E-state index in [-0.39, 0.29) is 122 Å². The molecule has 9 atom stereocenters. The Balaban J connectivity index is 2.31. The van der Waals surface area contributed by atoms with Crippen LogP contribution in [-0.4, -0.2) is 299 Å². The summed E-state index contributed by atoms with van der Waals surface area (Å²) in [6, 6.07) is 0. The van der Waals surface area contributed by atoms with E-state index in [2.05, 4.69) is 31.9 Å². The van der Waals surface area contributed by atoms with Crippen LogP contribution in [0, 0.1) is 32.1 Å². The van der Waals surface area contributed by atoms with Crippen molar-refractivity contribution in [3.05, 3.63) is 65.5 Å². The zero-order valence-corrected chi connectivity index (χ0v) is 68.8. The average molecular weight is 2360 g/mol. The zero-order valence-electron chi connectivity index (χ0n) is 49.4. The molecule has 0 aliphatic heterocycles. The van der Waals surface area contributed by atoms with Crippen LogP contribution in [0.2, 0.25) is 0 Å². The van der Waals surface area contributed by atoms with Crippen LogP contribution in [0.3, 0.4) is 0 Å². The Morgan fingerprint density at radius 1 is 0.337 bits per heavy atom. The van der Waals surface area contributed by atoms with Crippen LogP contribution < -0.4 is 31.9 Å². The van der Waals surface area contributed by atoms with Gasteiger partial charge in [-0.15, -0.1) is 0 Å². The van der Waals surface area contributed by atoms with Crippen molar-refractivity contribution < 1.29 is 120 Å². The first-order valence-electron chi connectivity index (χ1n) is 27.4. The third-order valence-corrected chi connectivity index (χ3v) is 23.1. The summed E-state index contributed by atoms with van der Waals surface area (Å²) in [5.41, 5.74) is -1.89. The van der Waals surface area contributed by atoms with Crippen LogP contribution in [-0.2, 0) is 14.4 Å². The van der Waals surface area contributed by atoms with Crippen molar-refractivity contribution in [3.8, 4) is 0 Å². The van der Waals surface area contributed by atoms with Crippen LogP contribution in [0.15, 0.2) is 0 Å². The monoisotopic (exact) mass is 2350 g/mol. The predicted molar refractivity (Wildman–Crippen MR) is 412 cm³/mol. The van der Waals surface area contributed by atoms with E-state index in [0.717, 1.165) is 0 Å². The van der Waals surface area contributed by atoms with Gasteiger partial charge < -0.3 is 123 Å². The predicted octanol–water partition coefficient (Wildman–Crippen LogP) is -2.90. The SMILES string of the molecule is CN(CCCN(CCCN(C)C(=O)c1c(I)c(NC(=O)C(O)C(O)CO)c(I)c(C(=O)NCC(O)CO)c1I)C(=O)c1c(I)c(NC(=O)C(O)C(O)CO)c(I)c(C(=O)NCC(O)CO)c1I)C(=O)c1c(I)c(NC(=O)C(O)C(O)CO)c(I)c(C(=O)NCC(O)CO)c1I.